The lowest BCUT2D eigenvalue weighted by Crippen LogP contribution is -2.40. The Morgan fingerprint density at radius 3 is 2.87 bits per heavy atom. The van der Waals surface area contributed by atoms with Crippen molar-refractivity contribution < 1.29 is 22.5 Å². The lowest BCUT2D eigenvalue weighted by atomic mass is 10.2. The van der Waals surface area contributed by atoms with Gasteiger partial charge in [0.25, 0.3) is 5.91 Å². The highest BCUT2D eigenvalue weighted by atomic mass is 35.5. The summed E-state index contributed by atoms with van der Waals surface area (Å²) >= 11 is 6.34. The summed E-state index contributed by atoms with van der Waals surface area (Å²) in [5.41, 5.74) is 0.357. The van der Waals surface area contributed by atoms with Crippen molar-refractivity contribution in [3.63, 3.8) is 0 Å². The number of hydrogen-bond acceptors (Lipinski definition) is 8. The molecule has 1 unspecified atom stereocenters. The molecular formula is C19H24ClN5O5S. The first-order valence-electron chi connectivity index (χ1n) is 10.1. The minimum atomic E-state index is -3.86. The van der Waals surface area contributed by atoms with E-state index in [4.69, 9.17) is 20.9 Å². The van der Waals surface area contributed by atoms with Crippen molar-refractivity contribution in [2.45, 2.75) is 44.2 Å². The zero-order valence-electron chi connectivity index (χ0n) is 17.3. The van der Waals surface area contributed by atoms with E-state index in [2.05, 4.69) is 26.7 Å². The molecule has 31 heavy (non-hydrogen) atoms. The number of hydrogen-bond donors (Lipinski definition) is 1. The maximum absolute atomic E-state index is 12.9. The van der Waals surface area contributed by atoms with Gasteiger partial charge < -0.3 is 9.26 Å². The van der Waals surface area contributed by atoms with Gasteiger partial charge in [0, 0.05) is 25.6 Å². The molecule has 2 aliphatic rings. The fraction of sp³-hybridized carbons (Fsp3) is 0.526. The number of likely N-dealkylation sites (N-methyl/N-ethyl adjacent to an activating group) is 1. The second kappa shape index (κ2) is 8.73. The van der Waals surface area contributed by atoms with Crippen LogP contribution in [0.5, 0.6) is 5.75 Å². The molecule has 0 radical (unpaired) electrons. The van der Waals surface area contributed by atoms with Crippen LogP contribution in [0.1, 0.15) is 31.5 Å². The molecule has 168 valence electrons. The fourth-order valence-corrected chi connectivity index (χ4v) is 5.56. The molecule has 12 heteroatoms. The minimum absolute atomic E-state index is 0.00221. The van der Waals surface area contributed by atoms with Crippen LogP contribution in [0.25, 0.3) is 0 Å². The van der Waals surface area contributed by atoms with Gasteiger partial charge in [0.05, 0.1) is 17.3 Å². The third-order valence-electron chi connectivity index (χ3n) is 5.53. The molecule has 2 aromatic rings. The van der Waals surface area contributed by atoms with Gasteiger partial charge in [-0.2, -0.15) is 4.98 Å². The number of aryl methyl sites for hydroxylation is 1. The molecule has 1 fully saturated rings. The average Bonchev–Trinajstić information content (AvgIpc) is 3.36. The average molecular weight is 470 g/mol. The van der Waals surface area contributed by atoms with Gasteiger partial charge in [-0.05, 0) is 32.0 Å². The number of aromatic nitrogens is 2. The van der Waals surface area contributed by atoms with Crippen LogP contribution in [0.15, 0.2) is 21.6 Å². The number of rotatable bonds is 7. The van der Waals surface area contributed by atoms with Crippen molar-refractivity contribution in [2.75, 3.05) is 31.1 Å². The van der Waals surface area contributed by atoms with Crippen LogP contribution in [0.3, 0.4) is 0 Å². The smallest absolute Gasteiger partial charge is 0.265 e. The molecule has 1 saturated heterocycles. The summed E-state index contributed by atoms with van der Waals surface area (Å²) in [5.74, 6) is 0.636. The van der Waals surface area contributed by atoms with Crippen molar-refractivity contribution >= 4 is 33.2 Å². The summed E-state index contributed by atoms with van der Waals surface area (Å²) < 4.78 is 39.0. The van der Waals surface area contributed by atoms with E-state index in [0.29, 0.717) is 23.9 Å². The maximum Gasteiger partial charge on any atom is 0.265 e. The summed E-state index contributed by atoms with van der Waals surface area (Å²) in [7, 11) is -3.86. The van der Waals surface area contributed by atoms with Gasteiger partial charge in [0.15, 0.2) is 12.4 Å². The summed E-state index contributed by atoms with van der Waals surface area (Å²) in [5, 5.41) is 3.81. The number of fused-ring (bicyclic) bond motifs is 1. The van der Waals surface area contributed by atoms with Gasteiger partial charge in [-0.1, -0.05) is 23.7 Å². The zero-order chi connectivity index (χ0) is 22.2. The molecular weight excluding hydrogens is 446 g/mol. The number of nitrogens with one attached hydrogen (secondary N) is 1. The third-order valence-corrected chi connectivity index (χ3v) is 7.42. The van der Waals surface area contributed by atoms with E-state index in [9.17, 15) is 13.2 Å². The maximum atomic E-state index is 12.9. The van der Waals surface area contributed by atoms with Crippen LogP contribution in [-0.2, 0) is 21.4 Å². The lowest BCUT2D eigenvalue weighted by Gasteiger charge is -2.29. The first-order chi connectivity index (χ1) is 14.8. The molecule has 4 rings (SSSR count). The van der Waals surface area contributed by atoms with E-state index in [1.54, 1.807) is 6.92 Å². The molecule has 1 N–H and O–H groups in total. The SMILES string of the molecule is CCN1CCCC1CNS(=O)(=O)c1cc2c(cc1Cl)N(Cc1noc(C)n1)C(=O)CO2. The number of carbonyl (C=O) groups excluding carboxylic acids is 1. The number of likely N-dealkylation sites (tertiary alicyclic amines) is 1. The van der Waals surface area contributed by atoms with E-state index >= 15 is 0 Å². The molecule has 3 heterocycles. The predicted octanol–water partition coefficient (Wildman–Crippen LogP) is 1.72. The Bertz CT molecular complexity index is 1090. The number of amides is 1. The molecule has 0 aliphatic carbocycles. The summed E-state index contributed by atoms with van der Waals surface area (Å²) in [6, 6.07) is 2.94. The topological polar surface area (TPSA) is 118 Å². The first kappa shape index (κ1) is 22.0. The second-order valence-corrected chi connectivity index (χ2v) is 9.67. The first-order valence-corrected chi connectivity index (χ1v) is 11.9. The molecule has 10 nitrogen and oxygen atoms in total. The molecule has 2 aliphatic heterocycles. The largest absolute Gasteiger partial charge is 0.482 e. The van der Waals surface area contributed by atoms with Gasteiger partial charge in [-0.15, -0.1) is 0 Å². The van der Waals surface area contributed by atoms with E-state index in [1.165, 1.54) is 17.0 Å². The van der Waals surface area contributed by atoms with Crippen molar-refractivity contribution in [3.05, 3.63) is 28.9 Å². The van der Waals surface area contributed by atoms with Gasteiger partial charge in [-0.3, -0.25) is 14.6 Å². The number of benzene rings is 1. The fourth-order valence-electron chi connectivity index (χ4n) is 3.96. The van der Waals surface area contributed by atoms with Crippen LogP contribution in [-0.4, -0.2) is 61.6 Å². The van der Waals surface area contributed by atoms with Gasteiger partial charge >= 0.3 is 0 Å². The Morgan fingerprint density at radius 2 is 2.16 bits per heavy atom. The highest BCUT2D eigenvalue weighted by Crippen LogP contribution is 2.39. The normalized spacial score (nSPS) is 19.5. The Kier molecular flexibility index (Phi) is 6.20. The second-order valence-electron chi connectivity index (χ2n) is 7.53. The minimum Gasteiger partial charge on any atom is -0.482 e. The summed E-state index contributed by atoms with van der Waals surface area (Å²) in [6.07, 6.45) is 2.00. The van der Waals surface area contributed by atoms with E-state index in [1.807, 2.05) is 0 Å². The van der Waals surface area contributed by atoms with Crippen molar-refractivity contribution in [2.24, 2.45) is 0 Å². The predicted molar refractivity (Wildman–Crippen MR) is 113 cm³/mol. The van der Waals surface area contributed by atoms with Crippen molar-refractivity contribution in [1.29, 1.82) is 0 Å². The molecule has 1 aromatic heterocycles. The van der Waals surface area contributed by atoms with Crippen molar-refractivity contribution in [3.8, 4) is 5.75 Å². The molecule has 0 saturated carbocycles. The van der Waals surface area contributed by atoms with Crippen LogP contribution in [0.2, 0.25) is 5.02 Å². The number of sulfonamides is 1. The third kappa shape index (κ3) is 4.54. The summed E-state index contributed by atoms with van der Waals surface area (Å²) in [4.78, 5) is 20.1. The Morgan fingerprint density at radius 1 is 1.35 bits per heavy atom. The number of nitrogens with zero attached hydrogens (tertiary/aromatic N) is 4. The highest BCUT2D eigenvalue weighted by Gasteiger charge is 2.31. The number of carbonyl (C=O) groups is 1. The zero-order valence-corrected chi connectivity index (χ0v) is 18.9. The van der Waals surface area contributed by atoms with Crippen LogP contribution in [0.4, 0.5) is 5.69 Å². The Hall–Kier alpha value is -2.21. The molecule has 1 amide bonds. The standard InChI is InChI=1S/C19H24ClN5O5S/c1-3-24-6-4-5-13(24)9-21-31(27,28)17-8-16-15(7-14(17)20)25(19(26)11-29-16)10-18-22-12(2)30-23-18/h7-8,13,21H,3-6,9-11H2,1-2H3. The van der Waals surface area contributed by atoms with E-state index in [0.717, 1.165) is 25.9 Å². The Balaban J connectivity index is 1.57. The summed E-state index contributed by atoms with van der Waals surface area (Å²) in [6.45, 7) is 5.70. The van der Waals surface area contributed by atoms with Crippen LogP contribution < -0.4 is 14.4 Å². The Labute approximate surface area is 185 Å². The molecule has 0 bridgehead atoms. The molecule has 1 atom stereocenters. The monoisotopic (exact) mass is 469 g/mol. The van der Waals surface area contributed by atoms with Gasteiger partial charge in [-0.25, -0.2) is 13.1 Å². The van der Waals surface area contributed by atoms with Crippen LogP contribution in [0, 0.1) is 6.92 Å². The number of halogens is 1. The van der Waals surface area contributed by atoms with Crippen LogP contribution >= 0.6 is 11.6 Å². The molecule has 0 spiro atoms. The van der Waals surface area contributed by atoms with Gasteiger partial charge in [0.2, 0.25) is 15.9 Å². The quantitative estimate of drug-likeness (QED) is 0.651. The highest BCUT2D eigenvalue weighted by molar-refractivity contribution is 7.89. The molecule has 1 aromatic carbocycles. The van der Waals surface area contributed by atoms with E-state index in [-0.39, 0.29) is 40.8 Å². The number of anilines is 1. The van der Waals surface area contributed by atoms with E-state index < -0.39 is 10.0 Å². The van der Waals surface area contributed by atoms with Crippen molar-refractivity contribution in [1.82, 2.24) is 19.8 Å². The van der Waals surface area contributed by atoms with Gasteiger partial charge in [0.1, 0.15) is 10.6 Å². The number of ether oxygens (including phenoxy) is 1. The lowest BCUT2D eigenvalue weighted by molar-refractivity contribution is -0.121.